The van der Waals surface area contributed by atoms with E-state index in [9.17, 15) is 42.3 Å². The highest BCUT2D eigenvalue weighted by molar-refractivity contribution is 5.97. The molecule has 0 radical (unpaired) electrons. The maximum absolute atomic E-state index is 14.7. The van der Waals surface area contributed by atoms with Crippen molar-refractivity contribution in [1.82, 2.24) is 50.2 Å². The summed E-state index contributed by atoms with van der Waals surface area (Å²) in [6, 6.07) is 5.43. The molecule has 6 bridgehead atoms. The van der Waals surface area contributed by atoms with Gasteiger partial charge < -0.3 is 38.7 Å². The normalized spacial score (nSPS) is 23.3. The average molecular weight is 1060 g/mol. The van der Waals surface area contributed by atoms with Crippen LogP contribution >= 0.6 is 0 Å². The number of nitrogens with zero attached hydrogens (tertiary/aromatic N) is 8. The van der Waals surface area contributed by atoms with E-state index in [-0.39, 0.29) is 80.3 Å². The summed E-state index contributed by atoms with van der Waals surface area (Å²) in [6.45, 7) is 15.0. The average Bonchev–Trinajstić information content (AvgIpc) is 4.07. The van der Waals surface area contributed by atoms with Crippen LogP contribution in [0.1, 0.15) is 104 Å². The zero-order valence-corrected chi connectivity index (χ0v) is 44.9. The molecule has 0 spiro atoms. The van der Waals surface area contributed by atoms with Gasteiger partial charge in [0.15, 0.2) is 0 Å². The summed E-state index contributed by atoms with van der Waals surface area (Å²) in [5, 5.41) is 24.7. The van der Waals surface area contributed by atoms with E-state index in [1.807, 2.05) is 13.8 Å². The number of cyclic esters (lactones) is 1. The molecule has 3 N–H and O–H groups in total. The number of amides is 4. The molecule has 3 saturated heterocycles. The molecular weight excluding hydrogens is 990 g/mol. The molecule has 4 amide bonds. The zero-order valence-electron chi connectivity index (χ0n) is 44.9. The summed E-state index contributed by atoms with van der Waals surface area (Å²) >= 11 is 0. The van der Waals surface area contributed by atoms with Gasteiger partial charge in [0.05, 0.1) is 41.5 Å². The largest absolute Gasteiger partial charge is 0.462 e. The number of nitrogens with one attached hydrogen (secondary N) is 2. The Balaban J connectivity index is 1.14. The Bertz CT molecular complexity index is 2960. The third-order valence-electron chi connectivity index (χ3n) is 15.2. The van der Waals surface area contributed by atoms with E-state index in [1.165, 1.54) is 35.9 Å². The number of hydrazine groups is 1. The van der Waals surface area contributed by atoms with Gasteiger partial charge in [-0.3, -0.25) is 34.1 Å². The molecular formula is C54H69F3N10O9. The summed E-state index contributed by atoms with van der Waals surface area (Å²) in [5.74, 6) is 1.88. The van der Waals surface area contributed by atoms with Crippen LogP contribution in [0, 0.1) is 28.6 Å². The van der Waals surface area contributed by atoms with Crippen molar-refractivity contribution in [2.75, 3.05) is 53.5 Å². The molecule has 4 aliphatic heterocycles. The monoisotopic (exact) mass is 1060 g/mol. The Morgan fingerprint density at radius 1 is 1.04 bits per heavy atom. The number of hydrogen-bond donors (Lipinski definition) is 3. The first kappa shape index (κ1) is 55.8. The second-order valence-electron chi connectivity index (χ2n) is 22.6. The van der Waals surface area contributed by atoms with Gasteiger partial charge in [0.25, 0.3) is 11.8 Å². The lowest BCUT2D eigenvalue weighted by molar-refractivity contribution is -0.189. The SMILES string of the molecule is CO[C@@H](C)c1ncccc1-c1c2c3cc(ccc3n1CC(F)(F)F)-c1nnc(o1)C[C@H](NC(=O)[C@H](C(C)C)N(C)C(=O)[C@]1(C)CCN(C(=O)C#CC(C)(C)N3CCC3)C1)C(=O)N1CCC[C@@](O)(N1)C(=O)OCC(C)(C)C2. The highest BCUT2D eigenvalue weighted by Gasteiger charge is 2.48. The van der Waals surface area contributed by atoms with Crippen molar-refractivity contribution >= 4 is 40.5 Å². The Labute approximate surface area is 440 Å². The van der Waals surface area contributed by atoms with Crippen molar-refractivity contribution in [2.45, 2.75) is 136 Å². The van der Waals surface area contributed by atoms with Crippen LogP contribution in [0.3, 0.4) is 0 Å². The molecule has 22 heteroatoms. The summed E-state index contributed by atoms with van der Waals surface area (Å²) in [4.78, 5) is 80.9. The number of fused-ring (bicyclic) bond motifs is 6. The van der Waals surface area contributed by atoms with E-state index < -0.39 is 83.1 Å². The predicted molar refractivity (Wildman–Crippen MR) is 272 cm³/mol. The van der Waals surface area contributed by atoms with Crippen LogP contribution in [0.25, 0.3) is 33.6 Å². The zero-order chi connectivity index (χ0) is 55.3. The molecule has 3 fully saturated rings. The lowest BCUT2D eigenvalue weighted by Gasteiger charge is -2.41. The summed E-state index contributed by atoms with van der Waals surface area (Å²) < 4.78 is 63.0. The number of rotatable bonds is 10. The van der Waals surface area contributed by atoms with Gasteiger partial charge in [0.1, 0.15) is 18.6 Å². The third kappa shape index (κ3) is 11.5. The number of likely N-dealkylation sites (N-methyl/N-ethyl adjacent to an activating group) is 1. The Kier molecular flexibility index (Phi) is 15.6. The summed E-state index contributed by atoms with van der Waals surface area (Å²) in [6.07, 6.45) is -2.72. The molecule has 4 aliphatic rings. The molecule has 5 atom stereocenters. The number of halogens is 3. The van der Waals surface area contributed by atoms with Crippen LogP contribution < -0.4 is 10.7 Å². The second kappa shape index (κ2) is 21.2. The molecule has 3 aromatic heterocycles. The minimum Gasteiger partial charge on any atom is -0.462 e. The number of likely N-dealkylation sites (tertiary alicyclic amines) is 2. The summed E-state index contributed by atoms with van der Waals surface area (Å²) in [7, 11) is 2.98. The highest BCUT2D eigenvalue weighted by atomic mass is 19.4. The number of methoxy groups -OCH3 is 1. The lowest BCUT2D eigenvalue weighted by Crippen LogP contribution is -2.67. The van der Waals surface area contributed by atoms with Crippen LogP contribution in [0.5, 0.6) is 0 Å². The number of carbonyl (C=O) groups is 5. The van der Waals surface area contributed by atoms with E-state index in [1.54, 1.807) is 70.7 Å². The minimum absolute atomic E-state index is 0.000421. The number of carbonyl (C=O) groups excluding carboxylic acids is 5. The van der Waals surface area contributed by atoms with Crippen LogP contribution in [0.4, 0.5) is 13.2 Å². The number of hydrogen-bond acceptors (Lipinski definition) is 14. The fourth-order valence-corrected chi connectivity index (χ4v) is 10.8. The third-order valence-corrected chi connectivity index (χ3v) is 15.2. The molecule has 19 nitrogen and oxygen atoms in total. The second-order valence-corrected chi connectivity index (χ2v) is 22.6. The number of esters is 1. The number of pyridine rings is 1. The molecule has 0 unspecified atom stereocenters. The van der Waals surface area contributed by atoms with Gasteiger partial charge in [-0.2, -0.15) is 18.6 Å². The number of alkyl halides is 3. The topological polar surface area (TPSA) is 218 Å². The van der Waals surface area contributed by atoms with Crippen molar-refractivity contribution in [1.29, 1.82) is 0 Å². The Morgan fingerprint density at radius 3 is 2.45 bits per heavy atom. The fourth-order valence-electron chi connectivity index (χ4n) is 10.8. The van der Waals surface area contributed by atoms with Crippen LogP contribution in [-0.2, 0) is 52.8 Å². The predicted octanol–water partition coefficient (Wildman–Crippen LogP) is 5.20. The highest BCUT2D eigenvalue weighted by Crippen LogP contribution is 2.43. The molecule has 1 aromatic carbocycles. The van der Waals surface area contributed by atoms with Gasteiger partial charge in [0, 0.05) is 86.9 Å². The van der Waals surface area contributed by atoms with Gasteiger partial charge >= 0.3 is 12.1 Å². The molecule has 410 valence electrons. The van der Waals surface area contributed by atoms with Crippen molar-refractivity contribution < 1.29 is 56.1 Å². The Hall–Kier alpha value is -6.41. The minimum atomic E-state index is -4.66. The van der Waals surface area contributed by atoms with Crippen LogP contribution in [0.15, 0.2) is 40.9 Å². The van der Waals surface area contributed by atoms with Gasteiger partial charge in [-0.05, 0) is 101 Å². The number of aromatic nitrogens is 4. The maximum atomic E-state index is 14.7. The van der Waals surface area contributed by atoms with Gasteiger partial charge in [-0.15, -0.1) is 10.2 Å². The number of aliphatic hydroxyl groups is 1. The van der Waals surface area contributed by atoms with E-state index in [2.05, 4.69) is 42.7 Å². The van der Waals surface area contributed by atoms with Crippen LogP contribution in [-0.4, -0.2) is 157 Å². The molecule has 7 heterocycles. The molecule has 0 saturated carbocycles. The van der Waals surface area contributed by atoms with Crippen molar-refractivity contribution in [3.63, 3.8) is 0 Å². The Morgan fingerprint density at radius 2 is 1.78 bits per heavy atom. The number of benzene rings is 1. The number of ether oxygens (including phenoxy) is 2. The van der Waals surface area contributed by atoms with E-state index in [0.29, 0.717) is 34.2 Å². The first-order valence-corrected chi connectivity index (χ1v) is 25.8. The smallest absolute Gasteiger partial charge is 0.406 e. The van der Waals surface area contributed by atoms with E-state index in [4.69, 9.17) is 13.9 Å². The van der Waals surface area contributed by atoms with Gasteiger partial charge in [0.2, 0.25) is 29.3 Å². The maximum Gasteiger partial charge on any atom is 0.406 e. The first-order chi connectivity index (χ1) is 35.6. The molecule has 4 aromatic rings. The molecule has 0 aliphatic carbocycles. The fraction of sp³-hybridized carbons (Fsp3) is 0.593. The van der Waals surface area contributed by atoms with Crippen molar-refractivity contribution in [2.24, 2.45) is 16.7 Å². The molecule has 76 heavy (non-hydrogen) atoms. The lowest BCUT2D eigenvalue weighted by atomic mass is 9.84. The van der Waals surface area contributed by atoms with Crippen molar-refractivity contribution in [3.05, 3.63) is 53.7 Å². The van der Waals surface area contributed by atoms with Crippen LogP contribution in [0.2, 0.25) is 0 Å². The van der Waals surface area contributed by atoms with E-state index >= 15 is 0 Å². The van der Waals surface area contributed by atoms with Gasteiger partial charge in [-0.1, -0.05) is 33.6 Å². The molecule has 8 rings (SSSR count). The standard InChI is InChI=1S/C54H69F3N10O9/c1-32(2)43(63(9)48(71)52(8)20-25-64(29-52)41(68)17-19-51(6,7)65-22-13-23-65)45(69)59-38-27-40-60-61-46(76-40)34-15-16-39-36(26-34)37(28-50(4,5)31-75-49(72)53(73)18-12-24-67(62-53)47(38)70)44(66(39)30-54(55,56)57)35-14-11-21-58-42(35)33(3)74-10/h11,14-16,21,26,32-33,38,43,62,73H,12-13,18,20,22-25,27-31H2,1-10H3,(H,59,69)/t33-,38-,43-,52+,53-/m0/s1. The van der Waals surface area contributed by atoms with Crippen molar-refractivity contribution in [3.8, 4) is 34.6 Å². The van der Waals surface area contributed by atoms with E-state index in [0.717, 1.165) is 24.5 Å². The van der Waals surface area contributed by atoms with Gasteiger partial charge in [-0.25, -0.2) is 4.79 Å². The first-order valence-electron chi connectivity index (χ1n) is 25.8. The quantitative estimate of drug-likeness (QED) is 0.138. The summed E-state index contributed by atoms with van der Waals surface area (Å²) in [5.41, 5.74) is -0.248.